The first kappa shape index (κ1) is 15.5. The number of rotatable bonds is 5. The molecular formula is C16H23N3O2. The number of hydrogen-bond acceptors (Lipinski definition) is 3. The highest BCUT2D eigenvalue weighted by Crippen LogP contribution is 2.16. The van der Waals surface area contributed by atoms with Crippen LogP contribution in [0.4, 0.5) is 0 Å². The normalized spacial score (nSPS) is 22.6. The van der Waals surface area contributed by atoms with Crippen molar-refractivity contribution < 1.29 is 9.59 Å². The molecule has 21 heavy (non-hydrogen) atoms. The number of carbonyl (C=O) groups excluding carboxylic acids is 2. The third-order valence-corrected chi connectivity index (χ3v) is 3.84. The second kappa shape index (κ2) is 6.70. The van der Waals surface area contributed by atoms with Gasteiger partial charge >= 0.3 is 0 Å². The molecule has 0 radical (unpaired) electrons. The maximum atomic E-state index is 12.5. The molecule has 1 saturated heterocycles. The summed E-state index contributed by atoms with van der Waals surface area (Å²) in [6.07, 6.45) is 4.90. The van der Waals surface area contributed by atoms with E-state index in [1.807, 2.05) is 12.1 Å². The van der Waals surface area contributed by atoms with Crippen molar-refractivity contribution in [2.45, 2.75) is 45.7 Å². The Kier molecular flexibility index (Phi) is 4.94. The third kappa shape index (κ3) is 3.80. The van der Waals surface area contributed by atoms with Crippen molar-refractivity contribution in [1.82, 2.24) is 15.2 Å². The van der Waals surface area contributed by atoms with Gasteiger partial charge in [-0.25, -0.2) is 0 Å². The number of nitrogens with one attached hydrogen (secondary N) is 1. The molecule has 5 heteroatoms. The van der Waals surface area contributed by atoms with Gasteiger partial charge in [-0.1, -0.05) is 13.8 Å². The number of aromatic nitrogens is 1. The summed E-state index contributed by atoms with van der Waals surface area (Å²) >= 11 is 0. The fourth-order valence-corrected chi connectivity index (χ4v) is 2.62. The average molecular weight is 289 g/mol. The monoisotopic (exact) mass is 289 g/mol. The van der Waals surface area contributed by atoms with Crippen LogP contribution in [0.3, 0.4) is 0 Å². The summed E-state index contributed by atoms with van der Waals surface area (Å²) in [5, 5.41) is 2.84. The van der Waals surface area contributed by atoms with E-state index < -0.39 is 6.04 Å². The lowest BCUT2D eigenvalue weighted by molar-refractivity contribution is -0.149. The zero-order chi connectivity index (χ0) is 15.4. The Labute approximate surface area is 125 Å². The molecule has 2 unspecified atom stereocenters. The molecule has 1 aliphatic heterocycles. The van der Waals surface area contributed by atoms with E-state index in [9.17, 15) is 9.59 Å². The lowest BCUT2D eigenvalue weighted by Gasteiger charge is -2.38. The van der Waals surface area contributed by atoms with Crippen molar-refractivity contribution in [2.24, 2.45) is 5.92 Å². The van der Waals surface area contributed by atoms with Gasteiger partial charge in [0.15, 0.2) is 0 Å². The lowest BCUT2D eigenvalue weighted by atomic mass is 9.98. The molecule has 2 amide bonds. The molecule has 5 nitrogen and oxygen atoms in total. The summed E-state index contributed by atoms with van der Waals surface area (Å²) in [7, 11) is 0. The topological polar surface area (TPSA) is 62.3 Å². The molecule has 114 valence electrons. The SMILES string of the molecule is CC(C)CC1NC(=O)C(C)N(CCc2ccncc2)C1=O. The van der Waals surface area contributed by atoms with E-state index in [1.165, 1.54) is 0 Å². The van der Waals surface area contributed by atoms with Crippen LogP contribution in [0.1, 0.15) is 32.8 Å². The second-order valence-electron chi connectivity index (χ2n) is 6.00. The average Bonchev–Trinajstić information content (AvgIpc) is 2.45. The largest absolute Gasteiger partial charge is 0.343 e. The van der Waals surface area contributed by atoms with Gasteiger partial charge in [-0.2, -0.15) is 0 Å². The van der Waals surface area contributed by atoms with Crippen LogP contribution in [0.15, 0.2) is 24.5 Å². The van der Waals surface area contributed by atoms with Gasteiger partial charge in [0.2, 0.25) is 11.8 Å². The number of hydrogen-bond donors (Lipinski definition) is 1. The van der Waals surface area contributed by atoms with Crippen LogP contribution in [0.2, 0.25) is 0 Å². The molecule has 1 aliphatic rings. The standard InChI is InChI=1S/C16H23N3O2/c1-11(2)10-14-16(21)19(12(3)15(20)18-14)9-6-13-4-7-17-8-5-13/h4-5,7-8,11-12,14H,6,9-10H2,1-3H3,(H,18,20). The van der Waals surface area contributed by atoms with Crippen molar-refractivity contribution in [2.75, 3.05) is 6.54 Å². The highest BCUT2D eigenvalue weighted by molar-refractivity contribution is 5.96. The van der Waals surface area contributed by atoms with Crippen molar-refractivity contribution >= 4 is 11.8 Å². The minimum atomic E-state index is -0.400. The van der Waals surface area contributed by atoms with Gasteiger partial charge in [0, 0.05) is 18.9 Å². The van der Waals surface area contributed by atoms with Crippen molar-refractivity contribution in [3.63, 3.8) is 0 Å². The van der Waals surface area contributed by atoms with Crippen LogP contribution in [0.5, 0.6) is 0 Å². The molecule has 0 saturated carbocycles. The van der Waals surface area contributed by atoms with Gasteiger partial charge < -0.3 is 10.2 Å². The number of pyridine rings is 1. The maximum Gasteiger partial charge on any atom is 0.245 e. The minimum Gasteiger partial charge on any atom is -0.343 e. The van der Waals surface area contributed by atoms with E-state index in [-0.39, 0.29) is 17.9 Å². The van der Waals surface area contributed by atoms with E-state index in [1.54, 1.807) is 24.2 Å². The first-order valence-corrected chi connectivity index (χ1v) is 7.48. The fourth-order valence-electron chi connectivity index (χ4n) is 2.62. The number of carbonyl (C=O) groups is 2. The Balaban J connectivity index is 2.04. The molecule has 0 bridgehead atoms. The molecule has 1 aromatic rings. The summed E-state index contributed by atoms with van der Waals surface area (Å²) in [6.45, 7) is 6.45. The highest BCUT2D eigenvalue weighted by Gasteiger charge is 2.37. The second-order valence-corrected chi connectivity index (χ2v) is 6.00. The Hall–Kier alpha value is -1.91. The van der Waals surface area contributed by atoms with Gasteiger partial charge in [-0.05, 0) is 43.4 Å². The summed E-state index contributed by atoms with van der Waals surface area (Å²) in [5.41, 5.74) is 1.12. The van der Waals surface area contributed by atoms with Crippen LogP contribution in [0.25, 0.3) is 0 Å². The third-order valence-electron chi connectivity index (χ3n) is 3.84. The van der Waals surface area contributed by atoms with Crippen LogP contribution in [-0.4, -0.2) is 40.3 Å². The predicted octanol–water partition coefficient (Wildman–Crippen LogP) is 1.39. The zero-order valence-corrected chi connectivity index (χ0v) is 12.9. The van der Waals surface area contributed by atoms with Crippen LogP contribution >= 0.6 is 0 Å². The van der Waals surface area contributed by atoms with Gasteiger partial charge in [0.1, 0.15) is 12.1 Å². The zero-order valence-electron chi connectivity index (χ0n) is 12.9. The first-order valence-electron chi connectivity index (χ1n) is 7.48. The molecule has 1 aromatic heterocycles. The van der Waals surface area contributed by atoms with Crippen LogP contribution in [0, 0.1) is 5.92 Å². The maximum absolute atomic E-state index is 12.5. The van der Waals surface area contributed by atoms with Gasteiger partial charge in [-0.3, -0.25) is 14.6 Å². The molecule has 2 rings (SSSR count). The molecule has 0 aromatic carbocycles. The number of amides is 2. The molecule has 2 heterocycles. The van der Waals surface area contributed by atoms with E-state index in [0.717, 1.165) is 12.0 Å². The van der Waals surface area contributed by atoms with E-state index in [4.69, 9.17) is 0 Å². The Morgan fingerprint density at radius 3 is 2.57 bits per heavy atom. The van der Waals surface area contributed by atoms with Crippen molar-refractivity contribution in [1.29, 1.82) is 0 Å². The van der Waals surface area contributed by atoms with Crippen molar-refractivity contribution in [3.05, 3.63) is 30.1 Å². The molecule has 1 N–H and O–H groups in total. The summed E-state index contributed by atoms with van der Waals surface area (Å²) < 4.78 is 0. The van der Waals surface area contributed by atoms with Crippen molar-refractivity contribution in [3.8, 4) is 0 Å². The first-order chi connectivity index (χ1) is 9.99. The number of piperazine rings is 1. The van der Waals surface area contributed by atoms with Crippen LogP contribution < -0.4 is 5.32 Å². The quantitative estimate of drug-likeness (QED) is 0.891. The van der Waals surface area contributed by atoms with Gasteiger partial charge in [0.25, 0.3) is 0 Å². The lowest BCUT2D eigenvalue weighted by Crippen LogP contribution is -2.62. The molecule has 2 atom stereocenters. The molecular weight excluding hydrogens is 266 g/mol. The van der Waals surface area contributed by atoms with E-state index >= 15 is 0 Å². The van der Waals surface area contributed by atoms with Gasteiger partial charge in [-0.15, -0.1) is 0 Å². The van der Waals surface area contributed by atoms with Crippen LogP contribution in [-0.2, 0) is 16.0 Å². The Bertz CT molecular complexity index is 502. The minimum absolute atomic E-state index is 0.0323. The molecule has 0 aliphatic carbocycles. The predicted molar refractivity (Wildman–Crippen MR) is 80.5 cm³/mol. The molecule has 1 fully saturated rings. The fraction of sp³-hybridized carbons (Fsp3) is 0.562. The Morgan fingerprint density at radius 1 is 1.29 bits per heavy atom. The van der Waals surface area contributed by atoms with E-state index in [0.29, 0.717) is 18.9 Å². The summed E-state index contributed by atoms with van der Waals surface area (Å²) in [4.78, 5) is 30.3. The highest BCUT2D eigenvalue weighted by atomic mass is 16.2. The van der Waals surface area contributed by atoms with E-state index in [2.05, 4.69) is 24.1 Å². The summed E-state index contributed by atoms with van der Waals surface area (Å²) in [6, 6.07) is 3.09. The van der Waals surface area contributed by atoms with Gasteiger partial charge in [0.05, 0.1) is 0 Å². The Morgan fingerprint density at radius 2 is 1.95 bits per heavy atom. The number of nitrogens with zero attached hydrogens (tertiary/aromatic N) is 2. The smallest absolute Gasteiger partial charge is 0.245 e. The molecule has 0 spiro atoms. The summed E-state index contributed by atoms with van der Waals surface area (Å²) in [5.74, 6) is 0.342.